The zero-order valence-electron chi connectivity index (χ0n) is 12.1. The first-order valence-corrected chi connectivity index (χ1v) is 7.65. The fraction of sp³-hybridized carbons (Fsp3) is 0.385. The summed E-state index contributed by atoms with van der Waals surface area (Å²) in [6.45, 7) is 0.743. The summed E-state index contributed by atoms with van der Waals surface area (Å²) in [7, 11) is -3.57. The number of benzene rings is 1. The van der Waals surface area contributed by atoms with E-state index in [1.807, 2.05) is 0 Å². The molecule has 10 heteroatoms. The van der Waals surface area contributed by atoms with Gasteiger partial charge in [-0.1, -0.05) is 6.92 Å². The highest BCUT2D eigenvalue weighted by Gasteiger charge is 2.39. The second kappa shape index (κ2) is 6.55. The van der Waals surface area contributed by atoms with Gasteiger partial charge in [-0.2, -0.15) is 18.4 Å². The van der Waals surface area contributed by atoms with E-state index in [-0.39, 0.29) is 5.56 Å². The summed E-state index contributed by atoms with van der Waals surface area (Å²) < 4.78 is 64.3. The van der Waals surface area contributed by atoms with Crippen LogP contribution in [0.2, 0.25) is 0 Å². The molecule has 0 radical (unpaired) electrons. The molecule has 126 valence electrons. The first-order chi connectivity index (χ1) is 10.4. The third kappa shape index (κ3) is 4.20. The van der Waals surface area contributed by atoms with Gasteiger partial charge in [0, 0.05) is 13.6 Å². The number of carboxylic acids is 1. The topological polar surface area (TPSA) is 98.5 Å². The number of alkyl halides is 3. The van der Waals surface area contributed by atoms with Crippen molar-refractivity contribution in [2.75, 3.05) is 13.6 Å². The van der Waals surface area contributed by atoms with Gasteiger partial charge in [0.25, 0.3) is 0 Å². The van der Waals surface area contributed by atoms with Crippen LogP contribution in [-0.4, -0.2) is 37.4 Å². The molecular weight excluding hydrogens is 337 g/mol. The summed E-state index contributed by atoms with van der Waals surface area (Å²) in [5.74, 6) is -2.37. The number of halogens is 3. The van der Waals surface area contributed by atoms with Crippen molar-refractivity contribution in [3.63, 3.8) is 0 Å². The predicted molar refractivity (Wildman–Crippen MR) is 72.8 cm³/mol. The van der Waals surface area contributed by atoms with E-state index in [9.17, 15) is 26.4 Å². The molecule has 0 bridgehead atoms. The fourth-order valence-corrected chi connectivity index (χ4v) is 3.22. The van der Waals surface area contributed by atoms with Gasteiger partial charge in [-0.25, -0.2) is 12.7 Å². The van der Waals surface area contributed by atoms with E-state index in [2.05, 4.69) is 0 Å². The molecular formula is C13H13F3N2O4S. The molecule has 1 N–H and O–H groups in total. The highest BCUT2D eigenvalue weighted by Crippen LogP contribution is 2.35. The SMILES string of the molecule is CC(CN(C)S(=O)(=O)c1ccc(C#N)cc1C(F)(F)F)C(=O)O. The minimum Gasteiger partial charge on any atom is -0.481 e. The van der Waals surface area contributed by atoms with Gasteiger partial charge < -0.3 is 5.11 Å². The fourth-order valence-electron chi connectivity index (χ4n) is 1.78. The average Bonchev–Trinajstić information content (AvgIpc) is 2.45. The van der Waals surface area contributed by atoms with Gasteiger partial charge in [-0.15, -0.1) is 0 Å². The summed E-state index contributed by atoms with van der Waals surface area (Å²) >= 11 is 0. The summed E-state index contributed by atoms with van der Waals surface area (Å²) in [5.41, 5.74) is -1.80. The van der Waals surface area contributed by atoms with Crippen LogP contribution in [0.15, 0.2) is 23.1 Å². The van der Waals surface area contributed by atoms with E-state index in [0.717, 1.165) is 13.1 Å². The molecule has 0 aromatic heterocycles. The lowest BCUT2D eigenvalue weighted by Gasteiger charge is -2.21. The van der Waals surface area contributed by atoms with Gasteiger partial charge in [0.15, 0.2) is 0 Å². The summed E-state index contributed by atoms with van der Waals surface area (Å²) in [5, 5.41) is 17.5. The number of nitrogens with zero attached hydrogens (tertiary/aromatic N) is 2. The van der Waals surface area contributed by atoms with Crippen molar-refractivity contribution in [3.8, 4) is 6.07 Å². The highest BCUT2D eigenvalue weighted by atomic mass is 32.2. The number of nitriles is 1. The number of sulfonamides is 1. The number of hydrogen-bond donors (Lipinski definition) is 1. The van der Waals surface area contributed by atoms with Crippen LogP contribution in [0.1, 0.15) is 18.1 Å². The Hall–Kier alpha value is -2.12. The number of hydrogen-bond acceptors (Lipinski definition) is 4. The van der Waals surface area contributed by atoms with Crippen molar-refractivity contribution in [1.29, 1.82) is 5.26 Å². The second-order valence-corrected chi connectivity index (χ2v) is 6.86. The van der Waals surface area contributed by atoms with E-state index in [4.69, 9.17) is 10.4 Å². The van der Waals surface area contributed by atoms with Crippen LogP contribution < -0.4 is 0 Å². The van der Waals surface area contributed by atoms with Crippen LogP contribution >= 0.6 is 0 Å². The molecule has 0 fully saturated rings. The van der Waals surface area contributed by atoms with E-state index in [0.29, 0.717) is 16.4 Å². The van der Waals surface area contributed by atoms with Crippen LogP contribution in [0, 0.1) is 17.2 Å². The van der Waals surface area contributed by atoms with Gasteiger partial charge in [-0.05, 0) is 18.2 Å². The highest BCUT2D eigenvalue weighted by molar-refractivity contribution is 7.89. The maximum absolute atomic E-state index is 13.1. The Balaban J connectivity index is 3.39. The third-order valence-electron chi connectivity index (χ3n) is 3.05. The molecule has 0 amide bonds. The summed E-state index contributed by atoms with van der Waals surface area (Å²) in [4.78, 5) is 9.75. The maximum Gasteiger partial charge on any atom is 0.417 e. The minimum atomic E-state index is -4.98. The van der Waals surface area contributed by atoms with Crippen molar-refractivity contribution >= 4 is 16.0 Å². The van der Waals surface area contributed by atoms with Crippen LogP contribution in [0.5, 0.6) is 0 Å². The first kappa shape index (κ1) is 18.9. The molecule has 1 atom stereocenters. The Labute approximate surface area is 130 Å². The number of aliphatic carboxylic acids is 1. The van der Waals surface area contributed by atoms with Gasteiger partial charge in [-0.3, -0.25) is 4.79 Å². The van der Waals surface area contributed by atoms with E-state index in [1.165, 1.54) is 13.0 Å². The summed E-state index contributed by atoms with van der Waals surface area (Å²) in [6.07, 6.45) is -4.98. The zero-order valence-corrected chi connectivity index (χ0v) is 12.9. The molecule has 0 saturated carbocycles. The molecule has 6 nitrogen and oxygen atoms in total. The van der Waals surface area contributed by atoms with Crippen molar-refractivity contribution < 1.29 is 31.5 Å². The lowest BCUT2D eigenvalue weighted by Crippen LogP contribution is -2.34. The van der Waals surface area contributed by atoms with Gasteiger partial charge in [0.2, 0.25) is 10.0 Å². The predicted octanol–water partition coefficient (Wildman–Crippen LogP) is 1.92. The van der Waals surface area contributed by atoms with E-state index < -0.39 is 45.1 Å². The Morgan fingerprint density at radius 3 is 2.43 bits per heavy atom. The van der Waals surface area contributed by atoms with Crippen molar-refractivity contribution in [2.24, 2.45) is 5.92 Å². The van der Waals surface area contributed by atoms with Gasteiger partial charge in [0.1, 0.15) is 0 Å². The van der Waals surface area contributed by atoms with Crippen molar-refractivity contribution in [1.82, 2.24) is 4.31 Å². The molecule has 23 heavy (non-hydrogen) atoms. The average molecular weight is 350 g/mol. The molecule has 0 aliphatic heterocycles. The number of carbonyl (C=O) groups is 1. The molecule has 1 aromatic carbocycles. The smallest absolute Gasteiger partial charge is 0.417 e. The van der Waals surface area contributed by atoms with E-state index >= 15 is 0 Å². The van der Waals surface area contributed by atoms with Gasteiger partial charge >= 0.3 is 12.1 Å². The van der Waals surface area contributed by atoms with Crippen LogP contribution in [0.3, 0.4) is 0 Å². The quantitative estimate of drug-likeness (QED) is 0.875. The largest absolute Gasteiger partial charge is 0.481 e. The third-order valence-corrected chi connectivity index (χ3v) is 4.94. The van der Waals surface area contributed by atoms with Crippen molar-refractivity contribution in [2.45, 2.75) is 18.0 Å². The Kier molecular flexibility index (Phi) is 5.39. The molecule has 0 spiro atoms. The second-order valence-electron chi connectivity index (χ2n) is 4.85. The maximum atomic E-state index is 13.1. The normalized spacial score (nSPS) is 13.6. The molecule has 1 rings (SSSR count). The molecule has 0 heterocycles. The van der Waals surface area contributed by atoms with E-state index in [1.54, 1.807) is 0 Å². The number of carboxylic acid groups (broad SMARTS) is 1. The first-order valence-electron chi connectivity index (χ1n) is 6.21. The van der Waals surface area contributed by atoms with Crippen LogP contribution in [0.4, 0.5) is 13.2 Å². The Bertz CT molecular complexity index is 753. The Morgan fingerprint density at radius 1 is 1.43 bits per heavy atom. The Morgan fingerprint density at radius 2 is 2.00 bits per heavy atom. The summed E-state index contributed by atoms with van der Waals surface area (Å²) in [6, 6.07) is 3.60. The molecule has 0 aliphatic carbocycles. The lowest BCUT2D eigenvalue weighted by molar-refractivity contribution is -0.141. The standard InChI is InChI=1S/C13H13F3N2O4S/c1-8(12(19)20)7-18(2)23(21,22)11-4-3-9(6-17)5-10(11)13(14,15)16/h3-5,8H,7H2,1-2H3,(H,19,20). The van der Waals surface area contributed by atoms with Crippen LogP contribution in [0.25, 0.3) is 0 Å². The molecule has 1 unspecified atom stereocenters. The zero-order chi connectivity index (χ0) is 18.0. The number of rotatable bonds is 5. The minimum absolute atomic E-state index is 0.335. The molecule has 1 aromatic rings. The monoisotopic (exact) mass is 350 g/mol. The van der Waals surface area contributed by atoms with Crippen molar-refractivity contribution in [3.05, 3.63) is 29.3 Å². The molecule has 0 aliphatic rings. The van der Waals surface area contributed by atoms with Gasteiger partial charge in [0.05, 0.1) is 28.0 Å². The van der Waals surface area contributed by atoms with Crippen LogP contribution in [-0.2, 0) is 21.0 Å². The molecule has 0 saturated heterocycles. The lowest BCUT2D eigenvalue weighted by atomic mass is 10.1.